The average molecular weight is 464 g/mol. The molecule has 0 fully saturated rings. The van der Waals surface area contributed by atoms with Crippen LogP contribution in [0.15, 0.2) is 79.4 Å². The van der Waals surface area contributed by atoms with Gasteiger partial charge in [-0.05, 0) is 27.2 Å². The van der Waals surface area contributed by atoms with Crippen LogP contribution in [0.4, 0.5) is 0 Å². The highest BCUT2D eigenvalue weighted by Gasteiger charge is 2.17. The number of aromatic nitrogens is 4. The van der Waals surface area contributed by atoms with Crippen molar-refractivity contribution in [2.45, 2.75) is 87.4 Å². The maximum atomic E-state index is 2.31. The van der Waals surface area contributed by atoms with Gasteiger partial charge < -0.3 is 0 Å². The highest BCUT2D eigenvalue weighted by molar-refractivity contribution is 5.17. The number of imidazole rings is 1. The molecule has 4 nitrogen and oxygen atoms in total. The van der Waals surface area contributed by atoms with E-state index in [9.17, 15) is 0 Å². The van der Waals surface area contributed by atoms with Gasteiger partial charge in [0.05, 0.1) is 19.0 Å². The predicted octanol–water partition coefficient (Wildman–Crippen LogP) is 5.96. The summed E-state index contributed by atoms with van der Waals surface area (Å²) < 4.78 is 8.93. The normalized spacial score (nSPS) is 10.9. The first-order valence-corrected chi connectivity index (χ1v) is 12.7. The molecule has 0 aliphatic heterocycles. The number of aryl methyl sites for hydroxylation is 5. The van der Waals surface area contributed by atoms with Crippen LogP contribution < -0.4 is 13.7 Å². The molecule has 0 unspecified atom stereocenters. The smallest absolute Gasteiger partial charge is 0.234 e. The molecule has 0 N–H and O–H groups in total. The lowest BCUT2D eigenvalue weighted by Gasteiger charge is -2.04. The lowest BCUT2D eigenvalue weighted by atomic mass is 10.2. The highest BCUT2D eigenvalue weighted by atomic mass is 15.1. The van der Waals surface area contributed by atoms with Crippen LogP contribution in [0, 0.1) is 13.8 Å². The van der Waals surface area contributed by atoms with E-state index in [1.165, 1.54) is 17.2 Å². The van der Waals surface area contributed by atoms with Crippen LogP contribution in [-0.2, 0) is 19.6 Å². The predicted molar refractivity (Wildman–Crippen MR) is 143 cm³/mol. The summed E-state index contributed by atoms with van der Waals surface area (Å²) in [7, 11) is 0. The molecule has 34 heavy (non-hydrogen) atoms. The van der Waals surface area contributed by atoms with Crippen LogP contribution in [0.25, 0.3) is 6.20 Å². The van der Waals surface area contributed by atoms with Gasteiger partial charge in [0.25, 0.3) is 5.82 Å². The molecule has 0 bridgehead atoms. The minimum absolute atomic E-state index is 0.611. The Morgan fingerprint density at radius 3 is 1.94 bits per heavy atom. The number of hydrogen-bond donors (Lipinski definition) is 0. The summed E-state index contributed by atoms with van der Waals surface area (Å²) in [5.41, 5.74) is 2.56. The zero-order chi connectivity index (χ0) is 25.3. The van der Waals surface area contributed by atoms with Gasteiger partial charge in [0.15, 0.2) is 30.0 Å². The Balaban J connectivity index is 0.000000259. The van der Waals surface area contributed by atoms with Crippen LogP contribution in [-0.4, -0.2) is 4.57 Å². The van der Waals surface area contributed by atoms with Crippen LogP contribution in [0.2, 0.25) is 0 Å². The summed E-state index contributed by atoms with van der Waals surface area (Å²) in [5.74, 6) is 2.04. The first-order chi connectivity index (χ1) is 16.4. The fourth-order valence-corrected chi connectivity index (χ4v) is 3.66. The molecule has 0 aliphatic rings. The molecule has 0 radical (unpaired) electrons. The molecule has 3 aromatic rings. The van der Waals surface area contributed by atoms with Gasteiger partial charge in [-0.25, -0.2) is 13.7 Å². The summed E-state index contributed by atoms with van der Waals surface area (Å²) in [6.07, 6.45) is 17.9. The minimum Gasteiger partial charge on any atom is -0.234 e. The van der Waals surface area contributed by atoms with Crippen molar-refractivity contribution >= 4 is 6.20 Å². The largest absolute Gasteiger partial charge is 0.258 e. The Morgan fingerprint density at radius 1 is 0.794 bits per heavy atom. The molecular formula is C30H47N4+3. The Labute approximate surface area is 208 Å². The topological polar surface area (TPSA) is 16.6 Å². The zero-order valence-electron chi connectivity index (χ0n) is 22.8. The van der Waals surface area contributed by atoms with Gasteiger partial charge in [-0.1, -0.05) is 45.1 Å². The second kappa shape index (κ2) is 16.6. The summed E-state index contributed by atoms with van der Waals surface area (Å²) in [6, 6.07) is 12.4. The summed E-state index contributed by atoms with van der Waals surface area (Å²) in [4.78, 5) is 0. The average Bonchev–Trinajstić information content (AvgIpc) is 3.28. The Morgan fingerprint density at radius 2 is 1.44 bits per heavy atom. The number of hydrogen-bond acceptors (Lipinski definition) is 0. The van der Waals surface area contributed by atoms with E-state index < -0.39 is 0 Å². The number of nitrogens with zero attached hydrogens (tertiary/aromatic N) is 4. The van der Waals surface area contributed by atoms with Crippen LogP contribution >= 0.6 is 0 Å². The molecule has 4 heteroatoms. The van der Waals surface area contributed by atoms with Crippen LogP contribution in [0.1, 0.15) is 71.1 Å². The lowest BCUT2D eigenvalue weighted by molar-refractivity contribution is -0.701. The van der Waals surface area contributed by atoms with Crippen molar-refractivity contribution in [3.05, 3.63) is 96.6 Å². The fraction of sp³-hybridized carbons (Fsp3) is 0.433. The third-order valence-corrected chi connectivity index (χ3v) is 5.55. The molecule has 3 aromatic heterocycles. The van der Waals surface area contributed by atoms with Gasteiger partial charge in [0.1, 0.15) is 18.9 Å². The fourth-order valence-electron chi connectivity index (χ4n) is 3.66. The van der Waals surface area contributed by atoms with E-state index >= 15 is 0 Å². The molecule has 0 aromatic carbocycles. The van der Waals surface area contributed by atoms with Gasteiger partial charge in [-0.15, -0.1) is 0 Å². The first-order valence-electron chi connectivity index (χ1n) is 12.7. The van der Waals surface area contributed by atoms with Gasteiger partial charge in [-0.3, -0.25) is 0 Å². The molecule has 3 rings (SSSR count). The molecule has 0 saturated carbocycles. The van der Waals surface area contributed by atoms with Crippen molar-refractivity contribution in [3.8, 4) is 0 Å². The summed E-state index contributed by atoms with van der Waals surface area (Å²) in [6.45, 7) is 20.5. The Bertz CT molecular complexity index is 991. The molecule has 0 saturated heterocycles. The first kappa shape index (κ1) is 29.0. The van der Waals surface area contributed by atoms with E-state index in [2.05, 4.69) is 141 Å². The number of rotatable bonds is 7. The third kappa shape index (κ3) is 9.86. The summed E-state index contributed by atoms with van der Waals surface area (Å²) >= 11 is 0. The van der Waals surface area contributed by atoms with Gasteiger partial charge in [0.2, 0.25) is 0 Å². The van der Waals surface area contributed by atoms with E-state index in [-0.39, 0.29) is 0 Å². The van der Waals surface area contributed by atoms with Crippen LogP contribution in [0.3, 0.4) is 0 Å². The van der Waals surface area contributed by atoms with E-state index in [4.69, 9.17) is 0 Å². The maximum absolute atomic E-state index is 2.31. The van der Waals surface area contributed by atoms with E-state index in [0.717, 1.165) is 26.1 Å². The maximum Gasteiger partial charge on any atom is 0.258 e. The Hall–Kier alpha value is -3.01. The lowest BCUT2D eigenvalue weighted by Crippen LogP contribution is -2.36. The molecule has 0 amide bonds. The highest BCUT2D eigenvalue weighted by Crippen LogP contribution is 2.09. The van der Waals surface area contributed by atoms with Crippen molar-refractivity contribution < 1.29 is 13.7 Å². The van der Waals surface area contributed by atoms with E-state index in [1.807, 2.05) is 18.3 Å². The SMILES string of the molecule is CC/C=C/C=C/[n+]1ccccc1C.CC[n+]1ccccc1C.CCn1cc[n+](CC)c1C(C)C. The quantitative estimate of drug-likeness (QED) is 0.304. The van der Waals surface area contributed by atoms with Gasteiger partial charge >= 0.3 is 0 Å². The minimum atomic E-state index is 0.611. The standard InChI is InChI=1S/C12H16N.C10H19N2.C8H12N/c1-3-4-5-7-10-13-11-8-6-9-12(13)2;1-5-11-7-8-12(6-2)10(11)9(3)4;1-3-9-7-5-4-6-8(9)2/h4-11H,3H2,1-2H3;7-9H,5-6H2,1-4H3;4-7H,3H2,1-2H3/q3*+1/b5-4+,10-7+;;. The van der Waals surface area contributed by atoms with Gasteiger partial charge in [-0.2, -0.15) is 4.57 Å². The monoisotopic (exact) mass is 463 g/mol. The molecule has 184 valence electrons. The van der Waals surface area contributed by atoms with Crippen molar-refractivity contribution in [2.75, 3.05) is 0 Å². The molecular weight excluding hydrogens is 416 g/mol. The molecule has 0 aliphatic carbocycles. The van der Waals surface area contributed by atoms with E-state index in [0.29, 0.717) is 5.92 Å². The molecule has 3 heterocycles. The van der Waals surface area contributed by atoms with Crippen molar-refractivity contribution in [2.24, 2.45) is 0 Å². The second-order valence-corrected chi connectivity index (χ2v) is 8.44. The summed E-state index contributed by atoms with van der Waals surface area (Å²) in [5, 5.41) is 0. The second-order valence-electron chi connectivity index (χ2n) is 8.44. The number of allylic oxidation sites excluding steroid dienone is 3. The van der Waals surface area contributed by atoms with Crippen LogP contribution in [0.5, 0.6) is 0 Å². The van der Waals surface area contributed by atoms with Crippen molar-refractivity contribution in [3.63, 3.8) is 0 Å². The van der Waals surface area contributed by atoms with Crippen molar-refractivity contribution in [1.82, 2.24) is 4.57 Å². The van der Waals surface area contributed by atoms with E-state index in [1.54, 1.807) is 0 Å². The third-order valence-electron chi connectivity index (χ3n) is 5.55. The van der Waals surface area contributed by atoms with Gasteiger partial charge in [0, 0.05) is 44.2 Å². The Kier molecular flexibility index (Phi) is 14.2. The molecule has 0 spiro atoms. The zero-order valence-corrected chi connectivity index (χ0v) is 22.8. The molecule has 0 atom stereocenters. The number of pyridine rings is 2. The van der Waals surface area contributed by atoms with Crippen molar-refractivity contribution in [1.29, 1.82) is 0 Å².